The van der Waals surface area contributed by atoms with Crippen LogP contribution in [0.2, 0.25) is 0 Å². The molecule has 1 heterocycles. The SMILES string of the molecule is CC(=O)Nc1ccc(S(=O)(=O)CCC(=O)NCCc2cc(C)on2)cc1. The second-order valence-electron chi connectivity index (χ2n) is 5.80. The van der Waals surface area contributed by atoms with Crippen molar-refractivity contribution in [1.29, 1.82) is 0 Å². The first kappa shape index (κ1) is 19.6. The molecule has 0 radical (unpaired) electrons. The summed E-state index contributed by atoms with van der Waals surface area (Å²) >= 11 is 0. The van der Waals surface area contributed by atoms with Crippen molar-refractivity contribution in [2.75, 3.05) is 17.6 Å². The van der Waals surface area contributed by atoms with Gasteiger partial charge in [0.25, 0.3) is 0 Å². The summed E-state index contributed by atoms with van der Waals surface area (Å²) in [4.78, 5) is 22.9. The Balaban J connectivity index is 1.80. The predicted molar refractivity (Wildman–Crippen MR) is 95.4 cm³/mol. The number of carbonyl (C=O) groups is 2. The van der Waals surface area contributed by atoms with E-state index < -0.39 is 9.84 Å². The highest BCUT2D eigenvalue weighted by atomic mass is 32.2. The van der Waals surface area contributed by atoms with Gasteiger partial charge in [-0.2, -0.15) is 0 Å². The minimum absolute atomic E-state index is 0.109. The molecule has 140 valence electrons. The maximum absolute atomic E-state index is 12.3. The third-order valence-electron chi connectivity index (χ3n) is 3.51. The quantitative estimate of drug-likeness (QED) is 0.717. The second kappa shape index (κ2) is 8.61. The van der Waals surface area contributed by atoms with E-state index in [0.717, 1.165) is 5.69 Å². The summed E-state index contributed by atoms with van der Waals surface area (Å²) in [6, 6.07) is 7.61. The zero-order valence-corrected chi connectivity index (χ0v) is 15.4. The Morgan fingerprint density at radius 1 is 1.19 bits per heavy atom. The van der Waals surface area contributed by atoms with Gasteiger partial charge in [0, 0.05) is 38.1 Å². The van der Waals surface area contributed by atoms with E-state index in [9.17, 15) is 18.0 Å². The number of aryl methyl sites for hydroxylation is 1. The third kappa shape index (κ3) is 5.99. The maximum atomic E-state index is 12.3. The molecule has 0 saturated heterocycles. The van der Waals surface area contributed by atoms with E-state index in [1.54, 1.807) is 13.0 Å². The fraction of sp³-hybridized carbons (Fsp3) is 0.353. The number of carbonyl (C=O) groups excluding carboxylic acids is 2. The smallest absolute Gasteiger partial charge is 0.221 e. The normalized spacial score (nSPS) is 11.2. The summed E-state index contributed by atoms with van der Waals surface area (Å²) in [5, 5.41) is 9.04. The van der Waals surface area contributed by atoms with Gasteiger partial charge in [0.05, 0.1) is 16.3 Å². The number of nitrogens with one attached hydrogen (secondary N) is 2. The fourth-order valence-corrected chi connectivity index (χ4v) is 3.49. The van der Waals surface area contributed by atoms with Gasteiger partial charge < -0.3 is 15.2 Å². The number of sulfone groups is 1. The molecule has 0 saturated carbocycles. The molecular formula is C17H21N3O5S. The monoisotopic (exact) mass is 379 g/mol. The zero-order valence-electron chi connectivity index (χ0n) is 14.6. The predicted octanol–water partition coefficient (Wildman–Crippen LogP) is 1.46. The lowest BCUT2D eigenvalue weighted by atomic mass is 10.3. The zero-order chi connectivity index (χ0) is 19.2. The van der Waals surface area contributed by atoms with E-state index in [1.165, 1.54) is 31.2 Å². The number of hydrogen-bond donors (Lipinski definition) is 2. The van der Waals surface area contributed by atoms with Crippen molar-refractivity contribution in [2.45, 2.75) is 31.6 Å². The molecule has 8 nitrogen and oxygen atoms in total. The minimum atomic E-state index is -3.58. The molecule has 2 aromatic rings. The van der Waals surface area contributed by atoms with Gasteiger partial charge in [-0.05, 0) is 31.2 Å². The van der Waals surface area contributed by atoms with Crippen LogP contribution in [-0.2, 0) is 25.8 Å². The first-order valence-electron chi connectivity index (χ1n) is 8.05. The Labute approximate surface area is 151 Å². The van der Waals surface area contributed by atoms with Crippen molar-refractivity contribution in [1.82, 2.24) is 10.5 Å². The van der Waals surface area contributed by atoms with Crippen LogP contribution in [0.3, 0.4) is 0 Å². The van der Waals surface area contributed by atoms with Crippen molar-refractivity contribution in [3.05, 3.63) is 41.8 Å². The Bertz CT molecular complexity index is 872. The topological polar surface area (TPSA) is 118 Å². The molecule has 1 aromatic carbocycles. The highest BCUT2D eigenvalue weighted by molar-refractivity contribution is 7.91. The third-order valence-corrected chi connectivity index (χ3v) is 5.24. The molecule has 0 fully saturated rings. The van der Waals surface area contributed by atoms with Crippen LogP contribution in [0.25, 0.3) is 0 Å². The van der Waals surface area contributed by atoms with Crippen molar-refractivity contribution in [3.8, 4) is 0 Å². The second-order valence-corrected chi connectivity index (χ2v) is 7.91. The van der Waals surface area contributed by atoms with E-state index >= 15 is 0 Å². The van der Waals surface area contributed by atoms with Gasteiger partial charge in [-0.1, -0.05) is 5.16 Å². The highest BCUT2D eigenvalue weighted by Crippen LogP contribution is 2.16. The Kier molecular flexibility index (Phi) is 6.51. The van der Waals surface area contributed by atoms with Crippen LogP contribution in [0.15, 0.2) is 39.8 Å². The maximum Gasteiger partial charge on any atom is 0.221 e. The van der Waals surface area contributed by atoms with Crippen LogP contribution < -0.4 is 10.6 Å². The minimum Gasteiger partial charge on any atom is -0.361 e. The van der Waals surface area contributed by atoms with E-state index in [1.807, 2.05) is 0 Å². The Hall–Kier alpha value is -2.68. The summed E-state index contributed by atoms with van der Waals surface area (Å²) in [5.41, 5.74) is 1.24. The molecule has 0 aliphatic carbocycles. The summed E-state index contributed by atoms with van der Waals surface area (Å²) in [6.07, 6.45) is 0.383. The summed E-state index contributed by atoms with van der Waals surface area (Å²) in [7, 11) is -3.58. The van der Waals surface area contributed by atoms with E-state index in [-0.39, 0.29) is 28.9 Å². The summed E-state index contributed by atoms with van der Waals surface area (Å²) in [6.45, 7) is 3.51. The van der Waals surface area contributed by atoms with Crippen LogP contribution >= 0.6 is 0 Å². The van der Waals surface area contributed by atoms with Crippen LogP contribution in [0, 0.1) is 6.92 Å². The number of nitrogens with zero attached hydrogens (tertiary/aromatic N) is 1. The molecule has 0 atom stereocenters. The molecule has 26 heavy (non-hydrogen) atoms. The molecule has 1 aromatic heterocycles. The van der Waals surface area contributed by atoms with Gasteiger partial charge in [0.1, 0.15) is 5.76 Å². The molecule has 0 unspecified atom stereocenters. The van der Waals surface area contributed by atoms with E-state index in [2.05, 4.69) is 15.8 Å². The fourth-order valence-electron chi connectivity index (χ4n) is 2.25. The van der Waals surface area contributed by atoms with Crippen LogP contribution in [0.1, 0.15) is 24.8 Å². The number of anilines is 1. The van der Waals surface area contributed by atoms with Gasteiger partial charge in [-0.15, -0.1) is 0 Å². The highest BCUT2D eigenvalue weighted by Gasteiger charge is 2.16. The molecule has 9 heteroatoms. The van der Waals surface area contributed by atoms with Gasteiger partial charge in [-0.25, -0.2) is 8.42 Å². The van der Waals surface area contributed by atoms with Crippen molar-refractivity contribution < 1.29 is 22.5 Å². The van der Waals surface area contributed by atoms with Crippen molar-refractivity contribution in [2.24, 2.45) is 0 Å². The first-order chi connectivity index (χ1) is 12.3. The average Bonchev–Trinajstić information content (AvgIpc) is 2.98. The number of amides is 2. The molecule has 2 N–H and O–H groups in total. The standard InChI is InChI=1S/C17H21N3O5S/c1-12-11-15(20-25-12)7-9-18-17(22)8-10-26(23,24)16-5-3-14(4-6-16)19-13(2)21/h3-6,11H,7-10H2,1-2H3,(H,18,22)(H,19,21). The molecular weight excluding hydrogens is 358 g/mol. The van der Waals surface area contributed by atoms with Gasteiger partial charge in [-0.3, -0.25) is 9.59 Å². The molecule has 0 aliphatic rings. The number of hydrogen-bond acceptors (Lipinski definition) is 6. The first-order valence-corrected chi connectivity index (χ1v) is 9.71. The lowest BCUT2D eigenvalue weighted by molar-refractivity contribution is -0.120. The molecule has 2 rings (SSSR count). The lowest BCUT2D eigenvalue weighted by Gasteiger charge is -2.07. The van der Waals surface area contributed by atoms with Crippen LogP contribution in [-0.4, -0.2) is 37.7 Å². The molecule has 2 amide bonds. The number of benzene rings is 1. The summed E-state index contributed by atoms with van der Waals surface area (Å²) < 4.78 is 29.5. The van der Waals surface area contributed by atoms with E-state index in [0.29, 0.717) is 24.4 Å². The van der Waals surface area contributed by atoms with Crippen LogP contribution in [0.4, 0.5) is 5.69 Å². The van der Waals surface area contributed by atoms with Crippen LogP contribution in [0.5, 0.6) is 0 Å². The van der Waals surface area contributed by atoms with Crippen molar-refractivity contribution in [3.63, 3.8) is 0 Å². The average molecular weight is 379 g/mol. The molecule has 0 aliphatic heterocycles. The molecule has 0 bridgehead atoms. The number of rotatable bonds is 8. The van der Waals surface area contributed by atoms with Gasteiger partial charge in [0.2, 0.25) is 11.8 Å². The summed E-state index contributed by atoms with van der Waals surface area (Å²) in [5.74, 6) is -0.176. The Morgan fingerprint density at radius 2 is 1.88 bits per heavy atom. The van der Waals surface area contributed by atoms with Crippen molar-refractivity contribution >= 4 is 27.3 Å². The van der Waals surface area contributed by atoms with Gasteiger partial charge >= 0.3 is 0 Å². The molecule has 0 spiro atoms. The van der Waals surface area contributed by atoms with E-state index in [4.69, 9.17) is 4.52 Å². The largest absolute Gasteiger partial charge is 0.361 e. The Morgan fingerprint density at radius 3 is 2.46 bits per heavy atom. The lowest BCUT2D eigenvalue weighted by Crippen LogP contribution is -2.27. The van der Waals surface area contributed by atoms with Gasteiger partial charge in [0.15, 0.2) is 9.84 Å². The number of aromatic nitrogens is 1.